The summed E-state index contributed by atoms with van der Waals surface area (Å²) < 4.78 is 0. The smallest absolute Gasteiger partial charge is 0.259 e. The first kappa shape index (κ1) is 13.6. The highest BCUT2D eigenvalue weighted by Crippen LogP contribution is 2.14. The Morgan fingerprint density at radius 1 is 1.42 bits per heavy atom. The van der Waals surface area contributed by atoms with E-state index in [0.29, 0.717) is 5.02 Å². The van der Waals surface area contributed by atoms with Crippen LogP contribution in [0.15, 0.2) is 46.2 Å². The van der Waals surface area contributed by atoms with Crippen molar-refractivity contribution in [2.24, 2.45) is 5.10 Å². The topological polar surface area (TPSA) is 53.5 Å². The van der Waals surface area contributed by atoms with Gasteiger partial charge in [-0.2, -0.15) is 16.4 Å². The van der Waals surface area contributed by atoms with Gasteiger partial charge in [-0.3, -0.25) is 4.79 Å². The van der Waals surface area contributed by atoms with Gasteiger partial charge in [0.05, 0.1) is 12.8 Å². The van der Waals surface area contributed by atoms with Crippen molar-refractivity contribution in [3.63, 3.8) is 0 Å². The monoisotopic (exact) mass is 293 g/mol. The van der Waals surface area contributed by atoms with E-state index in [1.54, 1.807) is 29.7 Å². The molecule has 0 saturated heterocycles. The molecule has 19 heavy (non-hydrogen) atoms. The predicted molar refractivity (Wildman–Crippen MR) is 80.0 cm³/mol. The lowest BCUT2D eigenvalue weighted by Crippen LogP contribution is -2.25. The molecule has 0 spiro atoms. The molecule has 2 rings (SSSR count). The fourth-order valence-corrected chi connectivity index (χ4v) is 2.15. The minimum absolute atomic E-state index is 0.140. The van der Waals surface area contributed by atoms with Gasteiger partial charge in [0.15, 0.2) is 0 Å². The highest BCUT2D eigenvalue weighted by Gasteiger charge is 1.99. The molecule has 1 aromatic carbocycles. The van der Waals surface area contributed by atoms with Crippen molar-refractivity contribution in [3.8, 4) is 0 Å². The second-order valence-electron chi connectivity index (χ2n) is 3.71. The fraction of sp³-hybridized carbons (Fsp3) is 0.0769. The Hall–Kier alpha value is -1.85. The second-order valence-corrected chi connectivity index (χ2v) is 4.93. The van der Waals surface area contributed by atoms with Crippen LogP contribution in [0.5, 0.6) is 0 Å². The minimum Gasteiger partial charge on any atom is -0.376 e. The normalized spacial score (nSPS) is 10.6. The van der Waals surface area contributed by atoms with Gasteiger partial charge >= 0.3 is 0 Å². The van der Waals surface area contributed by atoms with Crippen molar-refractivity contribution in [3.05, 3.63) is 51.7 Å². The lowest BCUT2D eigenvalue weighted by Gasteiger charge is -2.05. The number of carbonyl (C=O) groups is 1. The molecule has 0 aliphatic carbocycles. The van der Waals surface area contributed by atoms with Crippen LogP contribution in [0.25, 0.3) is 0 Å². The van der Waals surface area contributed by atoms with Crippen LogP contribution in [0.2, 0.25) is 5.02 Å². The maximum Gasteiger partial charge on any atom is 0.259 e. The Morgan fingerprint density at radius 2 is 2.32 bits per heavy atom. The second kappa shape index (κ2) is 6.92. The third kappa shape index (κ3) is 4.73. The van der Waals surface area contributed by atoms with E-state index in [2.05, 4.69) is 15.8 Å². The van der Waals surface area contributed by atoms with Crippen molar-refractivity contribution in [1.82, 2.24) is 5.43 Å². The summed E-state index contributed by atoms with van der Waals surface area (Å²) in [5.41, 5.74) is 4.21. The van der Waals surface area contributed by atoms with Gasteiger partial charge in [0.2, 0.25) is 0 Å². The number of anilines is 1. The molecular weight excluding hydrogens is 282 g/mol. The third-order valence-electron chi connectivity index (χ3n) is 2.22. The Bertz CT molecular complexity index is 569. The molecule has 1 heterocycles. The molecular formula is C13H12ClN3OS. The summed E-state index contributed by atoms with van der Waals surface area (Å²) in [6, 6.07) is 9.11. The number of halogens is 1. The molecule has 0 fully saturated rings. The Kier molecular flexibility index (Phi) is 4.94. The molecule has 0 aliphatic heterocycles. The van der Waals surface area contributed by atoms with E-state index >= 15 is 0 Å². The van der Waals surface area contributed by atoms with Crippen LogP contribution >= 0.6 is 22.9 Å². The molecule has 0 saturated carbocycles. The maximum absolute atomic E-state index is 11.5. The molecule has 6 heteroatoms. The summed E-state index contributed by atoms with van der Waals surface area (Å²) >= 11 is 7.42. The first-order chi connectivity index (χ1) is 9.24. The van der Waals surface area contributed by atoms with Crippen LogP contribution < -0.4 is 10.7 Å². The number of thiophene rings is 1. The van der Waals surface area contributed by atoms with Gasteiger partial charge in [0, 0.05) is 16.3 Å². The number of nitrogens with one attached hydrogen (secondary N) is 2. The molecule has 2 N–H and O–H groups in total. The molecule has 0 radical (unpaired) electrons. The van der Waals surface area contributed by atoms with Crippen LogP contribution in [-0.4, -0.2) is 18.7 Å². The van der Waals surface area contributed by atoms with E-state index in [4.69, 9.17) is 11.6 Å². The van der Waals surface area contributed by atoms with Crippen molar-refractivity contribution in [1.29, 1.82) is 0 Å². The highest BCUT2D eigenvalue weighted by atomic mass is 35.5. The molecule has 2 aromatic rings. The van der Waals surface area contributed by atoms with Gasteiger partial charge in [-0.05, 0) is 35.0 Å². The molecule has 1 amide bonds. The number of nitrogens with zero attached hydrogens (tertiary/aromatic N) is 1. The Morgan fingerprint density at radius 3 is 3.05 bits per heavy atom. The Balaban J connectivity index is 1.76. The van der Waals surface area contributed by atoms with Crippen LogP contribution in [0.3, 0.4) is 0 Å². The molecule has 0 aliphatic rings. The average molecular weight is 294 g/mol. The number of carbonyl (C=O) groups excluding carboxylic acids is 1. The molecule has 4 nitrogen and oxygen atoms in total. The molecule has 98 valence electrons. The maximum atomic E-state index is 11.5. The number of amides is 1. The van der Waals surface area contributed by atoms with E-state index in [9.17, 15) is 4.79 Å². The van der Waals surface area contributed by atoms with Gasteiger partial charge in [0.25, 0.3) is 5.91 Å². The first-order valence-electron chi connectivity index (χ1n) is 5.57. The third-order valence-corrected chi connectivity index (χ3v) is 3.16. The van der Waals surface area contributed by atoms with Gasteiger partial charge in [0.1, 0.15) is 0 Å². The lowest BCUT2D eigenvalue weighted by atomic mass is 10.3. The summed E-state index contributed by atoms with van der Waals surface area (Å²) in [6.45, 7) is 0.140. The number of hydrogen-bond acceptors (Lipinski definition) is 4. The van der Waals surface area contributed by atoms with Gasteiger partial charge in [-0.15, -0.1) is 0 Å². The predicted octanol–water partition coefficient (Wildman–Crippen LogP) is 2.96. The number of hydrazone groups is 1. The molecule has 1 aromatic heterocycles. The molecule has 0 atom stereocenters. The summed E-state index contributed by atoms with van der Waals surface area (Å²) in [5, 5.41) is 11.3. The zero-order valence-corrected chi connectivity index (χ0v) is 11.5. The van der Waals surface area contributed by atoms with E-state index in [-0.39, 0.29) is 12.5 Å². The zero-order valence-electron chi connectivity index (χ0n) is 9.97. The largest absolute Gasteiger partial charge is 0.376 e. The summed E-state index contributed by atoms with van der Waals surface area (Å²) in [7, 11) is 0. The van der Waals surface area contributed by atoms with Crippen LogP contribution in [-0.2, 0) is 4.79 Å². The highest BCUT2D eigenvalue weighted by molar-refractivity contribution is 7.08. The fourth-order valence-electron chi connectivity index (χ4n) is 1.35. The number of hydrogen-bond donors (Lipinski definition) is 2. The van der Waals surface area contributed by atoms with E-state index in [1.165, 1.54) is 0 Å². The van der Waals surface area contributed by atoms with Crippen molar-refractivity contribution in [2.75, 3.05) is 11.9 Å². The summed E-state index contributed by atoms with van der Waals surface area (Å²) in [4.78, 5) is 11.5. The van der Waals surface area contributed by atoms with Crippen LogP contribution in [0.4, 0.5) is 5.69 Å². The van der Waals surface area contributed by atoms with Crippen molar-refractivity contribution >= 4 is 40.7 Å². The molecule has 0 bridgehead atoms. The van der Waals surface area contributed by atoms with E-state index in [1.807, 2.05) is 29.0 Å². The number of benzene rings is 1. The SMILES string of the molecule is O=C(CNc1cccc(Cl)c1)NN=Cc1ccsc1. The standard InChI is InChI=1S/C13H12ClN3OS/c14-11-2-1-3-12(6-11)15-8-13(18)17-16-7-10-4-5-19-9-10/h1-7,9,15H,8H2,(H,17,18). The minimum atomic E-state index is -0.216. The number of rotatable bonds is 5. The van der Waals surface area contributed by atoms with Gasteiger partial charge in [-0.25, -0.2) is 5.43 Å². The van der Waals surface area contributed by atoms with Gasteiger partial charge < -0.3 is 5.32 Å². The summed E-state index contributed by atoms with van der Waals surface area (Å²) in [6.07, 6.45) is 1.60. The quantitative estimate of drug-likeness (QED) is 0.658. The lowest BCUT2D eigenvalue weighted by molar-refractivity contribution is -0.119. The average Bonchev–Trinajstić information content (AvgIpc) is 2.90. The van der Waals surface area contributed by atoms with E-state index < -0.39 is 0 Å². The summed E-state index contributed by atoms with van der Waals surface area (Å²) in [5.74, 6) is -0.216. The first-order valence-corrected chi connectivity index (χ1v) is 6.89. The Labute approximate surface area is 120 Å². The van der Waals surface area contributed by atoms with Gasteiger partial charge in [-0.1, -0.05) is 17.7 Å². The van der Waals surface area contributed by atoms with Crippen molar-refractivity contribution in [2.45, 2.75) is 0 Å². The van der Waals surface area contributed by atoms with Crippen LogP contribution in [0, 0.1) is 0 Å². The molecule has 0 unspecified atom stereocenters. The van der Waals surface area contributed by atoms with E-state index in [0.717, 1.165) is 11.3 Å². The zero-order chi connectivity index (χ0) is 13.5. The van der Waals surface area contributed by atoms with Crippen molar-refractivity contribution < 1.29 is 4.79 Å². The van der Waals surface area contributed by atoms with Crippen LogP contribution in [0.1, 0.15) is 5.56 Å².